The molecule has 19 heavy (non-hydrogen) atoms. The van der Waals surface area contributed by atoms with E-state index in [2.05, 4.69) is 5.32 Å². The number of benzene rings is 1. The predicted molar refractivity (Wildman–Crippen MR) is 66.1 cm³/mol. The Morgan fingerprint density at radius 2 is 1.63 bits per heavy atom. The van der Waals surface area contributed by atoms with Crippen molar-refractivity contribution in [3.63, 3.8) is 0 Å². The first-order chi connectivity index (χ1) is 8.63. The number of primary sulfonamides is 1. The monoisotopic (exact) mass is 314 g/mol. The standard InChI is InChI=1S/C9H12F2N2O4S2/c10-9(11)19(16,17)8-3-1-7(2-4-8)13-5-6-18(12,14)15/h1-4,9,13H,5-6H2,(H2,12,14,15). The second-order valence-corrected chi connectivity index (χ2v) is 7.28. The van der Waals surface area contributed by atoms with Crippen LogP contribution in [0.4, 0.5) is 14.5 Å². The number of hydrogen-bond acceptors (Lipinski definition) is 5. The smallest absolute Gasteiger partial charge is 0.341 e. The van der Waals surface area contributed by atoms with Crippen molar-refractivity contribution in [1.82, 2.24) is 0 Å². The van der Waals surface area contributed by atoms with Crippen LogP contribution in [-0.2, 0) is 19.9 Å². The molecular formula is C9H12F2N2O4S2. The third-order valence-corrected chi connectivity index (χ3v) is 4.30. The first kappa shape index (κ1) is 15.8. The van der Waals surface area contributed by atoms with Gasteiger partial charge in [0.15, 0.2) is 0 Å². The van der Waals surface area contributed by atoms with Crippen LogP contribution >= 0.6 is 0 Å². The lowest BCUT2D eigenvalue weighted by atomic mass is 10.3. The van der Waals surface area contributed by atoms with Gasteiger partial charge in [0.25, 0.3) is 0 Å². The van der Waals surface area contributed by atoms with Gasteiger partial charge in [-0.3, -0.25) is 0 Å². The summed E-state index contributed by atoms with van der Waals surface area (Å²) >= 11 is 0. The molecule has 10 heteroatoms. The molecule has 0 fully saturated rings. The zero-order chi connectivity index (χ0) is 14.7. The number of rotatable bonds is 6. The molecule has 3 N–H and O–H groups in total. The van der Waals surface area contributed by atoms with Gasteiger partial charge in [0.2, 0.25) is 19.9 Å². The second-order valence-electron chi connectivity index (χ2n) is 3.62. The average Bonchev–Trinajstić information content (AvgIpc) is 2.27. The number of hydrogen-bond donors (Lipinski definition) is 2. The fourth-order valence-corrected chi connectivity index (χ4v) is 2.31. The Kier molecular flexibility index (Phi) is 4.82. The van der Waals surface area contributed by atoms with Crippen LogP contribution in [0.1, 0.15) is 0 Å². The molecule has 0 amide bonds. The van der Waals surface area contributed by atoms with Gasteiger partial charge in [-0.2, -0.15) is 8.78 Å². The van der Waals surface area contributed by atoms with E-state index in [9.17, 15) is 25.6 Å². The average molecular weight is 314 g/mol. The van der Waals surface area contributed by atoms with E-state index in [1.54, 1.807) is 0 Å². The van der Waals surface area contributed by atoms with Crippen molar-refractivity contribution < 1.29 is 25.6 Å². The molecule has 108 valence electrons. The van der Waals surface area contributed by atoms with Crippen LogP contribution in [0, 0.1) is 0 Å². The van der Waals surface area contributed by atoms with Gasteiger partial charge < -0.3 is 5.32 Å². The maximum atomic E-state index is 12.2. The summed E-state index contributed by atoms with van der Waals surface area (Å²) < 4.78 is 68.1. The molecule has 6 nitrogen and oxygen atoms in total. The van der Waals surface area contributed by atoms with Crippen LogP contribution in [0.25, 0.3) is 0 Å². The predicted octanol–water partition coefficient (Wildman–Crippen LogP) is 0.383. The summed E-state index contributed by atoms with van der Waals surface area (Å²) in [5, 5.41) is 7.45. The molecule has 0 aliphatic carbocycles. The van der Waals surface area contributed by atoms with Crippen molar-refractivity contribution >= 4 is 25.5 Å². The molecule has 1 aromatic rings. The summed E-state index contributed by atoms with van der Waals surface area (Å²) in [6.45, 7) is 0.0276. The zero-order valence-corrected chi connectivity index (χ0v) is 11.2. The van der Waals surface area contributed by atoms with Gasteiger partial charge in [0, 0.05) is 12.2 Å². The van der Waals surface area contributed by atoms with Crippen molar-refractivity contribution in [1.29, 1.82) is 0 Å². The van der Waals surface area contributed by atoms with Gasteiger partial charge in [0.05, 0.1) is 10.6 Å². The number of sulfonamides is 1. The Bertz CT molecular complexity index is 627. The number of halogens is 2. The van der Waals surface area contributed by atoms with Crippen LogP contribution in [0.3, 0.4) is 0 Å². The van der Waals surface area contributed by atoms with Crippen LogP contribution in [0.5, 0.6) is 0 Å². The van der Waals surface area contributed by atoms with Gasteiger partial charge in [-0.15, -0.1) is 0 Å². The summed E-state index contributed by atoms with van der Waals surface area (Å²) in [6.07, 6.45) is 0. The zero-order valence-electron chi connectivity index (χ0n) is 9.58. The Morgan fingerprint density at radius 3 is 2.05 bits per heavy atom. The number of nitrogens with two attached hydrogens (primary N) is 1. The van der Waals surface area contributed by atoms with E-state index in [1.165, 1.54) is 12.1 Å². The fourth-order valence-electron chi connectivity index (χ4n) is 1.20. The van der Waals surface area contributed by atoms with Gasteiger partial charge >= 0.3 is 5.76 Å². The summed E-state index contributed by atoms with van der Waals surface area (Å²) in [5.74, 6) is -3.78. The highest BCUT2D eigenvalue weighted by atomic mass is 32.2. The van der Waals surface area contributed by atoms with E-state index in [4.69, 9.17) is 5.14 Å². The Hall–Kier alpha value is -1.26. The van der Waals surface area contributed by atoms with Crippen LogP contribution < -0.4 is 10.5 Å². The van der Waals surface area contributed by atoms with E-state index in [1.807, 2.05) is 0 Å². The second kappa shape index (κ2) is 5.80. The Balaban J connectivity index is 2.73. The number of sulfone groups is 1. The topological polar surface area (TPSA) is 106 Å². The van der Waals surface area contributed by atoms with E-state index in [0.717, 1.165) is 12.1 Å². The molecule has 0 atom stereocenters. The van der Waals surface area contributed by atoms with Crippen LogP contribution in [0.15, 0.2) is 29.2 Å². The van der Waals surface area contributed by atoms with E-state index in [0.29, 0.717) is 5.69 Å². The molecule has 0 unspecified atom stereocenters. The third kappa shape index (κ3) is 4.73. The van der Waals surface area contributed by atoms with Crippen molar-refractivity contribution in [2.75, 3.05) is 17.6 Å². The number of alkyl halides is 2. The normalized spacial score (nSPS) is 12.6. The first-order valence-electron chi connectivity index (χ1n) is 4.99. The molecule has 1 rings (SSSR count). The van der Waals surface area contributed by atoms with Crippen molar-refractivity contribution in [2.45, 2.75) is 10.7 Å². The number of anilines is 1. The SMILES string of the molecule is NS(=O)(=O)CCNc1ccc(S(=O)(=O)C(F)F)cc1. The van der Waals surface area contributed by atoms with Crippen LogP contribution in [0.2, 0.25) is 0 Å². The van der Waals surface area contributed by atoms with Gasteiger partial charge in [-0.05, 0) is 24.3 Å². The van der Waals surface area contributed by atoms with Crippen molar-refractivity contribution in [3.05, 3.63) is 24.3 Å². The fraction of sp³-hybridized carbons (Fsp3) is 0.333. The lowest BCUT2D eigenvalue weighted by Gasteiger charge is -2.07. The van der Waals surface area contributed by atoms with Gasteiger partial charge in [-0.25, -0.2) is 22.0 Å². The molecule has 0 radical (unpaired) electrons. The molecule has 0 aliphatic rings. The molecule has 0 saturated carbocycles. The molecule has 0 heterocycles. The summed E-state index contributed by atoms with van der Waals surface area (Å²) in [6, 6.07) is 4.55. The summed E-state index contributed by atoms with van der Waals surface area (Å²) in [4.78, 5) is -0.500. The molecule has 0 aliphatic heterocycles. The van der Waals surface area contributed by atoms with Gasteiger partial charge in [-0.1, -0.05) is 0 Å². The maximum Gasteiger partial charge on any atom is 0.341 e. The Labute approximate surface area is 109 Å². The quantitative estimate of drug-likeness (QED) is 0.789. The highest BCUT2D eigenvalue weighted by Gasteiger charge is 2.26. The highest BCUT2D eigenvalue weighted by molar-refractivity contribution is 7.91. The lowest BCUT2D eigenvalue weighted by Crippen LogP contribution is -2.22. The number of nitrogens with one attached hydrogen (secondary N) is 1. The lowest BCUT2D eigenvalue weighted by molar-refractivity contribution is 0.234. The minimum absolute atomic E-state index is 0.0276. The van der Waals surface area contributed by atoms with E-state index < -0.39 is 30.5 Å². The molecule has 1 aromatic carbocycles. The van der Waals surface area contributed by atoms with Crippen molar-refractivity contribution in [3.8, 4) is 0 Å². The molecule has 0 aromatic heterocycles. The molecule has 0 bridgehead atoms. The summed E-state index contributed by atoms with van der Waals surface area (Å²) in [5.41, 5.74) is 0.400. The third-order valence-electron chi connectivity index (χ3n) is 2.13. The Morgan fingerprint density at radius 1 is 1.11 bits per heavy atom. The van der Waals surface area contributed by atoms with E-state index >= 15 is 0 Å². The molecular weight excluding hydrogens is 302 g/mol. The molecule has 0 spiro atoms. The van der Waals surface area contributed by atoms with E-state index in [-0.39, 0.29) is 12.3 Å². The first-order valence-corrected chi connectivity index (χ1v) is 8.25. The summed E-state index contributed by atoms with van der Waals surface area (Å²) in [7, 11) is -8.21. The minimum Gasteiger partial charge on any atom is -0.384 e. The minimum atomic E-state index is -4.61. The van der Waals surface area contributed by atoms with Crippen LogP contribution in [-0.4, -0.2) is 34.9 Å². The van der Waals surface area contributed by atoms with Gasteiger partial charge in [0.1, 0.15) is 0 Å². The van der Waals surface area contributed by atoms with Crippen molar-refractivity contribution in [2.24, 2.45) is 5.14 Å². The highest BCUT2D eigenvalue weighted by Crippen LogP contribution is 2.20. The largest absolute Gasteiger partial charge is 0.384 e. The maximum absolute atomic E-state index is 12.2. The molecule has 0 saturated heterocycles.